The van der Waals surface area contributed by atoms with E-state index in [1.165, 1.54) is 0 Å². The first-order valence-electron chi connectivity index (χ1n) is 7.89. The first-order chi connectivity index (χ1) is 12.1. The summed E-state index contributed by atoms with van der Waals surface area (Å²) in [6, 6.07) is 1.87. The zero-order valence-electron chi connectivity index (χ0n) is 14.3. The molecular weight excluding hydrogens is 322 g/mol. The van der Waals surface area contributed by atoms with E-state index in [0.29, 0.717) is 43.8 Å². The molecule has 25 heavy (non-hydrogen) atoms. The van der Waals surface area contributed by atoms with Crippen LogP contribution in [-0.4, -0.2) is 54.6 Å². The van der Waals surface area contributed by atoms with Crippen molar-refractivity contribution in [1.82, 2.24) is 15.0 Å². The molecule has 2 aromatic heterocycles. The number of pyridine rings is 1. The summed E-state index contributed by atoms with van der Waals surface area (Å²) in [6.07, 6.45) is 3.29. The number of aliphatic imine (C=N–C) groups is 1. The second kappa shape index (κ2) is 7.31. The van der Waals surface area contributed by atoms with Crippen LogP contribution in [0.15, 0.2) is 17.3 Å². The predicted molar refractivity (Wildman–Crippen MR) is 96.7 cm³/mol. The molecule has 9 nitrogen and oxygen atoms in total. The number of methoxy groups -OCH3 is 1. The highest BCUT2D eigenvalue weighted by Crippen LogP contribution is 2.29. The van der Waals surface area contributed by atoms with Crippen molar-refractivity contribution in [2.75, 3.05) is 49.8 Å². The number of aromatic nitrogens is 3. The first kappa shape index (κ1) is 16.9. The Balaban J connectivity index is 1.91. The van der Waals surface area contributed by atoms with E-state index in [-0.39, 0.29) is 11.6 Å². The van der Waals surface area contributed by atoms with Gasteiger partial charge in [0, 0.05) is 25.5 Å². The molecule has 132 valence electrons. The molecule has 0 bridgehead atoms. The molecule has 1 saturated heterocycles. The summed E-state index contributed by atoms with van der Waals surface area (Å²) in [6.45, 7) is 4.60. The molecule has 9 heteroatoms. The molecule has 0 saturated carbocycles. The molecule has 2 aromatic rings. The third-order valence-electron chi connectivity index (χ3n) is 3.91. The van der Waals surface area contributed by atoms with Gasteiger partial charge in [0.2, 0.25) is 11.8 Å². The topological polar surface area (TPSA) is 125 Å². The highest BCUT2D eigenvalue weighted by molar-refractivity contribution is 5.89. The number of aryl methyl sites for hydroxylation is 1. The van der Waals surface area contributed by atoms with E-state index >= 15 is 0 Å². The van der Waals surface area contributed by atoms with Crippen molar-refractivity contribution in [2.24, 2.45) is 4.99 Å². The van der Waals surface area contributed by atoms with Crippen LogP contribution in [0.3, 0.4) is 0 Å². The number of nitrogens with zero attached hydrogens (tertiary/aromatic N) is 5. The Morgan fingerprint density at radius 3 is 2.56 bits per heavy atom. The summed E-state index contributed by atoms with van der Waals surface area (Å²) in [5, 5.41) is 0. The van der Waals surface area contributed by atoms with Gasteiger partial charge < -0.3 is 25.8 Å². The zero-order valence-corrected chi connectivity index (χ0v) is 14.3. The van der Waals surface area contributed by atoms with Crippen molar-refractivity contribution in [3.63, 3.8) is 0 Å². The Bertz CT molecular complexity index is 765. The molecule has 0 unspecified atom stereocenters. The monoisotopic (exact) mass is 343 g/mol. The van der Waals surface area contributed by atoms with E-state index in [1.807, 2.05) is 17.9 Å². The van der Waals surface area contributed by atoms with Crippen LogP contribution in [0.2, 0.25) is 0 Å². The minimum atomic E-state index is 0.228. The molecule has 0 amide bonds. The molecular formula is C16H21N7O2. The molecule has 3 rings (SSSR count). The smallest absolute Gasteiger partial charge is 0.229 e. The summed E-state index contributed by atoms with van der Waals surface area (Å²) >= 11 is 0. The predicted octanol–water partition coefficient (Wildman–Crippen LogP) is 0.940. The number of nitrogens with two attached hydrogens (primary N) is 2. The minimum Gasteiger partial charge on any atom is -0.481 e. The maximum absolute atomic E-state index is 6.05. The number of ether oxygens (including phenoxy) is 2. The summed E-state index contributed by atoms with van der Waals surface area (Å²) in [5.74, 6) is 1.43. The van der Waals surface area contributed by atoms with Gasteiger partial charge in [-0.1, -0.05) is 0 Å². The van der Waals surface area contributed by atoms with E-state index in [0.717, 1.165) is 11.1 Å². The van der Waals surface area contributed by atoms with E-state index < -0.39 is 0 Å². The van der Waals surface area contributed by atoms with Gasteiger partial charge in [0.05, 0.1) is 25.9 Å². The van der Waals surface area contributed by atoms with Crippen LogP contribution in [-0.2, 0) is 4.74 Å². The van der Waals surface area contributed by atoms with Crippen LogP contribution >= 0.6 is 0 Å². The number of nitrogen functional groups attached to an aromatic ring is 2. The highest BCUT2D eigenvalue weighted by atomic mass is 16.5. The van der Waals surface area contributed by atoms with Gasteiger partial charge in [-0.25, -0.2) is 9.98 Å². The van der Waals surface area contributed by atoms with Gasteiger partial charge in [0.15, 0.2) is 11.6 Å². The lowest BCUT2D eigenvalue weighted by Gasteiger charge is -2.27. The molecule has 0 radical (unpaired) electrons. The lowest BCUT2D eigenvalue weighted by atomic mass is 10.2. The summed E-state index contributed by atoms with van der Waals surface area (Å²) in [5.41, 5.74) is 14.2. The normalized spacial score (nSPS) is 14.9. The molecule has 1 aliphatic heterocycles. The second-order valence-corrected chi connectivity index (χ2v) is 5.55. The Kier molecular flexibility index (Phi) is 4.94. The minimum absolute atomic E-state index is 0.228. The zero-order chi connectivity index (χ0) is 17.8. The number of rotatable bonds is 4. The molecule has 0 aliphatic carbocycles. The van der Waals surface area contributed by atoms with Crippen molar-refractivity contribution < 1.29 is 9.47 Å². The van der Waals surface area contributed by atoms with Gasteiger partial charge in [0.25, 0.3) is 0 Å². The fourth-order valence-electron chi connectivity index (χ4n) is 2.51. The van der Waals surface area contributed by atoms with Crippen LogP contribution in [0.25, 0.3) is 0 Å². The lowest BCUT2D eigenvalue weighted by molar-refractivity contribution is 0.122. The van der Waals surface area contributed by atoms with E-state index in [1.54, 1.807) is 19.5 Å². The maximum Gasteiger partial charge on any atom is 0.229 e. The Hall–Kier alpha value is -2.94. The van der Waals surface area contributed by atoms with E-state index in [4.69, 9.17) is 20.9 Å². The van der Waals surface area contributed by atoms with Gasteiger partial charge in [-0.05, 0) is 18.6 Å². The van der Waals surface area contributed by atoms with Crippen LogP contribution in [0.4, 0.5) is 23.3 Å². The van der Waals surface area contributed by atoms with Crippen molar-refractivity contribution in [3.05, 3.63) is 23.4 Å². The fourth-order valence-corrected chi connectivity index (χ4v) is 2.51. The SMILES string of the molecule is COc1nccc(C)c1C=Nc1c(N)nc(N2CCOCC2)nc1N. The van der Waals surface area contributed by atoms with Gasteiger partial charge in [-0.15, -0.1) is 0 Å². The van der Waals surface area contributed by atoms with Crippen LogP contribution < -0.4 is 21.1 Å². The van der Waals surface area contributed by atoms with E-state index in [2.05, 4.69) is 19.9 Å². The van der Waals surface area contributed by atoms with Crippen LogP contribution in [0, 0.1) is 6.92 Å². The largest absolute Gasteiger partial charge is 0.481 e. The summed E-state index contributed by atoms with van der Waals surface area (Å²) in [7, 11) is 1.56. The van der Waals surface area contributed by atoms with Gasteiger partial charge in [-0.2, -0.15) is 9.97 Å². The first-order valence-corrected chi connectivity index (χ1v) is 7.89. The Labute approximate surface area is 145 Å². The van der Waals surface area contributed by atoms with Crippen molar-refractivity contribution >= 4 is 29.5 Å². The quantitative estimate of drug-likeness (QED) is 0.786. The molecule has 1 fully saturated rings. The number of morpholine rings is 1. The molecule has 0 spiro atoms. The van der Waals surface area contributed by atoms with Gasteiger partial charge in [0.1, 0.15) is 5.69 Å². The van der Waals surface area contributed by atoms with Gasteiger partial charge >= 0.3 is 0 Å². The van der Waals surface area contributed by atoms with E-state index in [9.17, 15) is 0 Å². The standard InChI is InChI=1S/C16H21N7O2/c1-10-3-4-19-15(24-2)11(10)9-20-12-13(17)21-16(22-14(12)18)23-5-7-25-8-6-23/h3-4,9H,5-8H2,1-2H3,(H4,17,18,21,22). The number of hydrogen-bond acceptors (Lipinski definition) is 9. The van der Waals surface area contributed by atoms with Crippen LogP contribution in [0.1, 0.15) is 11.1 Å². The summed E-state index contributed by atoms with van der Waals surface area (Å²) < 4.78 is 10.6. The van der Waals surface area contributed by atoms with Crippen molar-refractivity contribution in [3.8, 4) is 5.88 Å². The fraction of sp³-hybridized carbons (Fsp3) is 0.375. The lowest BCUT2D eigenvalue weighted by Crippen LogP contribution is -2.37. The average molecular weight is 343 g/mol. The van der Waals surface area contributed by atoms with Crippen LogP contribution in [0.5, 0.6) is 5.88 Å². The molecule has 4 N–H and O–H groups in total. The molecule has 3 heterocycles. The maximum atomic E-state index is 6.05. The Morgan fingerprint density at radius 1 is 1.24 bits per heavy atom. The summed E-state index contributed by atoms with van der Waals surface area (Å²) in [4.78, 5) is 19.2. The second-order valence-electron chi connectivity index (χ2n) is 5.55. The third-order valence-corrected chi connectivity index (χ3v) is 3.91. The Morgan fingerprint density at radius 2 is 1.92 bits per heavy atom. The highest BCUT2D eigenvalue weighted by Gasteiger charge is 2.17. The molecule has 0 atom stereocenters. The number of hydrogen-bond donors (Lipinski definition) is 2. The molecule has 0 aromatic carbocycles. The van der Waals surface area contributed by atoms with Gasteiger partial charge in [-0.3, -0.25) is 0 Å². The van der Waals surface area contributed by atoms with Crippen molar-refractivity contribution in [2.45, 2.75) is 6.92 Å². The number of anilines is 3. The average Bonchev–Trinajstić information content (AvgIpc) is 2.62. The van der Waals surface area contributed by atoms with Crippen molar-refractivity contribution in [1.29, 1.82) is 0 Å². The third kappa shape index (κ3) is 3.61. The molecule has 1 aliphatic rings.